The number of esters is 1. The van der Waals surface area contributed by atoms with Crippen molar-refractivity contribution in [3.63, 3.8) is 0 Å². The van der Waals surface area contributed by atoms with Crippen LogP contribution < -0.4 is 4.74 Å². The fourth-order valence-electron chi connectivity index (χ4n) is 1.29. The maximum Gasteiger partial charge on any atom is 0.349 e. The Labute approximate surface area is 96.4 Å². The van der Waals surface area contributed by atoms with Crippen LogP contribution >= 0.6 is 0 Å². The van der Waals surface area contributed by atoms with Crippen LogP contribution in [0.15, 0.2) is 24.3 Å². The van der Waals surface area contributed by atoms with E-state index in [0.717, 1.165) is 5.56 Å². The lowest BCUT2D eigenvalue weighted by Gasteiger charge is -2.24. The van der Waals surface area contributed by atoms with Gasteiger partial charge in [-0.15, -0.1) is 0 Å². The monoisotopic (exact) mass is 222 g/mol. The van der Waals surface area contributed by atoms with Gasteiger partial charge in [-0.1, -0.05) is 18.2 Å². The van der Waals surface area contributed by atoms with Crippen LogP contribution in [0, 0.1) is 6.92 Å². The molecule has 3 nitrogen and oxygen atoms in total. The summed E-state index contributed by atoms with van der Waals surface area (Å²) in [7, 11) is 0. The fourth-order valence-corrected chi connectivity index (χ4v) is 1.29. The highest BCUT2D eigenvalue weighted by Gasteiger charge is 2.31. The molecule has 0 aliphatic carbocycles. The van der Waals surface area contributed by atoms with Gasteiger partial charge in [-0.2, -0.15) is 0 Å². The summed E-state index contributed by atoms with van der Waals surface area (Å²) in [4.78, 5) is 11.6. The Kier molecular flexibility index (Phi) is 3.93. The number of carbonyl (C=O) groups is 1. The Morgan fingerprint density at radius 2 is 1.94 bits per heavy atom. The summed E-state index contributed by atoms with van der Waals surface area (Å²) in [6, 6.07) is 7.59. The van der Waals surface area contributed by atoms with Gasteiger partial charge >= 0.3 is 5.97 Å². The maximum atomic E-state index is 11.6. The lowest BCUT2D eigenvalue weighted by molar-refractivity contribution is -0.158. The van der Waals surface area contributed by atoms with Gasteiger partial charge in [-0.25, -0.2) is 4.79 Å². The zero-order valence-corrected chi connectivity index (χ0v) is 10.2. The number of aryl methyl sites for hydroxylation is 1. The second-order valence-electron chi connectivity index (χ2n) is 4.10. The standard InChI is InChI=1S/C13H18O3/c1-5-15-12(14)13(3,4)16-11-9-7-6-8-10(11)2/h6-9H,5H2,1-4H3. The highest BCUT2D eigenvalue weighted by atomic mass is 16.6. The summed E-state index contributed by atoms with van der Waals surface area (Å²) in [6.45, 7) is 7.49. The number of benzene rings is 1. The van der Waals surface area contributed by atoms with E-state index in [9.17, 15) is 4.79 Å². The Balaban J connectivity index is 2.80. The summed E-state index contributed by atoms with van der Waals surface area (Å²) >= 11 is 0. The van der Waals surface area contributed by atoms with Crippen molar-refractivity contribution in [2.45, 2.75) is 33.3 Å². The first-order valence-corrected chi connectivity index (χ1v) is 5.39. The van der Waals surface area contributed by atoms with E-state index in [1.165, 1.54) is 0 Å². The molecule has 0 fully saturated rings. The van der Waals surface area contributed by atoms with Crippen molar-refractivity contribution in [1.29, 1.82) is 0 Å². The van der Waals surface area contributed by atoms with Crippen LogP contribution in [0.5, 0.6) is 5.75 Å². The number of para-hydroxylation sites is 1. The Bertz CT molecular complexity index is 369. The van der Waals surface area contributed by atoms with Crippen LogP contribution in [0.4, 0.5) is 0 Å². The van der Waals surface area contributed by atoms with Crippen molar-refractivity contribution in [2.24, 2.45) is 0 Å². The van der Waals surface area contributed by atoms with Gasteiger partial charge in [-0.05, 0) is 39.3 Å². The summed E-state index contributed by atoms with van der Waals surface area (Å²) in [6.07, 6.45) is 0. The minimum atomic E-state index is -0.956. The Hall–Kier alpha value is -1.51. The largest absolute Gasteiger partial charge is 0.476 e. The first kappa shape index (κ1) is 12.6. The number of hydrogen-bond acceptors (Lipinski definition) is 3. The smallest absolute Gasteiger partial charge is 0.349 e. The van der Waals surface area contributed by atoms with E-state index >= 15 is 0 Å². The molecule has 0 heterocycles. The van der Waals surface area contributed by atoms with E-state index < -0.39 is 5.60 Å². The van der Waals surface area contributed by atoms with Crippen molar-refractivity contribution in [1.82, 2.24) is 0 Å². The van der Waals surface area contributed by atoms with E-state index in [-0.39, 0.29) is 5.97 Å². The molecule has 1 aromatic carbocycles. The van der Waals surface area contributed by atoms with Gasteiger partial charge in [-0.3, -0.25) is 0 Å². The molecule has 0 bridgehead atoms. The molecular formula is C13H18O3. The number of hydrogen-bond donors (Lipinski definition) is 0. The molecule has 16 heavy (non-hydrogen) atoms. The van der Waals surface area contributed by atoms with Gasteiger partial charge in [0.05, 0.1) is 6.61 Å². The maximum absolute atomic E-state index is 11.6. The zero-order valence-electron chi connectivity index (χ0n) is 10.2. The fraction of sp³-hybridized carbons (Fsp3) is 0.462. The van der Waals surface area contributed by atoms with Gasteiger partial charge in [0.25, 0.3) is 0 Å². The summed E-state index contributed by atoms with van der Waals surface area (Å²) < 4.78 is 10.6. The van der Waals surface area contributed by atoms with Crippen LogP contribution in [-0.2, 0) is 9.53 Å². The van der Waals surface area contributed by atoms with E-state index in [0.29, 0.717) is 12.4 Å². The average molecular weight is 222 g/mol. The third kappa shape index (κ3) is 2.99. The van der Waals surface area contributed by atoms with Gasteiger partial charge in [0, 0.05) is 0 Å². The van der Waals surface area contributed by atoms with Crippen molar-refractivity contribution in [3.05, 3.63) is 29.8 Å². The third-order valence-electron chi connectivity index (χ3n) is 2.23. The molecule has 1 rings (SSSR count). The van der Waals surface area contributed by atoms with E-state index in [1.54, 1.807) is 20.8 Å². The summed E-state index contributed by atoms with van der Waals surface area (Å²) in [5.74, 6) is 0.360. The molecule has 0 unspecified atom stereocenters. The van der Waals surface area contributed by atoms with Gasteiger partial charge in [0.1, 0.15) is 5.75 Å². The molecule has 88 valence electrons. The van der Waals surface area contributed by atoms with Crippen molar-refractivity contribution < 1.29 is 14.3 Å². The minimum Gasteiger partial charge on any atom is -0.476 e. The first-order valence-electron chi connectivity index (χ1n) is 5.39. The van der Waals surface area contributed by atoms with Crippen molar-refractivity contribution >= 4 is 5.97 Å². The predicted octanol–water partition coefficient (Wildman–Crippen LogP) is 2.72. The quantitative estimate of drug-likeness (QED) is 0.735. The third-order valence-corrected chi connectivity index (χ3v) is 2.23. The molecule has 0 aliphatic heterocycles. The van der Waals surface area contributed by atoms with Crippen LogP contribution in [0.3, 0.4) is 0 Å². The molecule has 3 heteroatoms. The minimum absolute atomic E-state index is 0.349. The number of carbonyl (C=O) groups excluding carboxylic acids is 1. The molecule has 1 aromatic rings. The lowest BCUT2D eigenvalue weighted by atomic mass is 10.1. The van der Waals surface area contributed by atoms with Crippen LogP contribution in [0.1, 0.15) is 26.3 Å². The van der Waals surface area contributed by atoms with Crippen molar-refractivity contribution in [3.8, 4) is 5.75 Å². The van der Waals surface area contributed by atoms with E-state index in [1.807, 2.05) is 31.2 Å². The van der Waals surface area contributed by atoms with Gasteiger partial charge in [0.2, 0.25) is 0 Å². The number of rotatable bonds is 4. The lowest BCUT2D eigenvalue weighted by Crippen LogP contribution is -2.39. The summed E-state index contributed by atoms with van der Waals surface area (Å²) in [5.41, 5.74) is 0.0437. The predicted molar refractivity (Wildman–Crippen MR) is 62.5 cm³/mol. The Morgan fingerprint density at radius 3 is 2.50 bits per heavy atom. The molecule has 0 amide bonds. The molecule has 0 spiro atoms. The van der Waals surface area contributed by atoms with Crippen LogP contribution in [0.25, 0.3) is 0 Å². The summed E-state index contributed by atoms with van der Waals surface area (Å²) in [5, 5.41) is 0. The Morgan fingerprint density at radius 1 is 1.31 bits per heavy atom. The van der Waals surface area contributed by atoms with Crippen molar-refractivity contribution in [2.75, 3.05) is 6.61 Å². The normalized spacial score (nSPS) is 11.0. The van der Waals surface area contributed by atoms with E-state index in [2.05, 4.69) is 0 Å². The molecule has 0 aromatic heterocycles. The topological polar surface area (TPSA) is 35.5 Å². The van der Waals surface area contributed by atoms with Gasteiger partial charge < -0.3 is 9.47 Å². The van der Waals surface area contributed by atoms with Gasteiger partial charge in [0.15, 0.2) is 5.60 Å². The van der Waals surface area contributed by atoms with Crippen LogP contribution in [0.2, 0.25) is 0 Å². The second kappa shape index (κ2) is 5.01. The first-order chi connectivity index (χ1) is 7.47. The average Bonchev–Trinajstić information content (AvgIpc) is 2.21. The molecule has 0 saturated carbocycles. The van der Waals surface area contributed by atoms with Crippen LogP contribution in [-0.4, -0.2) is 18.2 Å². The molecule has 0 N–H and O–H groups in total. The highest BCUT2D eigenvalue weighted by molar-refractivity contribution is 5.79. The highest BCUT2D eigenvalue weighted by Crippen LogP contribution is 2.23. The SMILES string of the molecule is CCOC(=O)C(C)(C)Oc1ccccc1C. The molecule has 0 aliphatic rings. The molecular weight excluding hydrogens is 204 g/mol. The molecule has 0 atom stereocenters. The molecule has 0 radical (unpaired) electrons. The molecule has 0 saturated heterocycles. The van der Waals surface area contributed by atoms with E-state index in [4.69, 9.17) is 9.47 Å². The number of ether oxygens (including phenoxy) is 2. The second-order valence-corrected chi connectivity index (χ2v) is 4.10. The zero-order chi connectivity index (χ0) is 12.2.